The summed E-state index contributed by atoms with van der Waals surface area (Å²) in [5.41, 5.74) is 0.695. The van der Waals surface area contributed by atoms with E-state index in [1.54, 1.807) is 31.5 Å². The summed E-state index contributed by atoms with van der Waals surface area (Å²) < 4.78 is 0. The molecule has 0 saturated carbocycles. The van der Waals surface area contributed by atoms with E-state index in [1.807, 2.05) is 5.32 Å². The number of carbonyl (C=O) groups is 3. The predicted octanol–water partition coefficient (Wildman–Crippen LogP) is 0.221. The fraction of sp³-hybridized carbons (Fsp3) is 0.200. The van der Waals surface area contributed by atoms with Crippen LogP contribution in [0.25, 0.3) is 0 Å². The van der Waals surface area contributed by atoms with Gasteiger partial charge in [-0.2, -0.15) is 0 Å². The second-order valence-electron chi connectivity index (χ2n) is 3.40. The number of amides is 4. The third kappa shape index (κ3) is 1.54. The van der Waals surface area contributed by atoms with Crippen LogP contribution in [-0.2, 0) is 9.59 Å². The van der Waals surface area contributed by atoms with Crippen LogP contribution in [0.4, 0.5) is 4.79 Å². The standard InChI is InChI=1S/C10H9N3O3/c1-6(7-3-2-4-11-5-7)13-9(15)8(14)12-10(13)16/h2-6H,1H3,(H,12,14,16). The number of aromatic nitrogens is 1. The van der Waals surface area contributed by atoms with Crippen LogP contribution in [-0.4, -0.2) is 27.7 Å². The van der Waals surface area contributed by atoms with Crippen molar-refractivity contribution < 1.29 is 14.4 Å². The summed E-state index contributed by atoms with van der Waals surface area (Å²) in [7, 11) is 0. The third-order valence-corrected chi connectivity index (χ3v) is 2.41. The van der Waals surface area contributed by atoms with Crippen LogP contribution >= 0.6 is 0 Å². The zero-order chi connectivity index (χ0) is 11.7. The van der Waals surface area contributed by atoms with Crippen LogP contribution in [0, 0.1) is 0 Å². The number of hydrogen-bond donors (Lipinski definition) is 1. The molecule has 82 valence electrons. The van der Waals surface area contributed by atoms with E-state index in [0.717, 1.165) is 4.90 Å². The van der Waals surface area contributed by atoms with E-state index >= 15 is 0 Å². The molecular formula is C10H9N3O3. The number of urea groups is 1. The molecule has 1 aliphatic rings. The Kier molecular flexibility index (Phi) is 2.40. The van der Waals surface area contributed by atoms with Crippen LogP contribution in [0.1, 0.15) is 18.5 Å². The van der Waals surface area contributed by atoms with Gasteiger partial charge in [-0.15, -0.1) is 0 Å². The van der Waals surface area contributed by atoms with Crippen molar-refractivity contribution in [1.29, 1.82) is 0 Å². The van der Waals surface area contributed by atoms with E-state index in [2.05, 4.69) is 4.98 Å². The topological polar surface area (TPSA) is 79.4 Å². The Labute approximate surface area is 91.3 Å². The minimum Gasteiger partial charge on any atom is -0.269 e. The second kappa shape index (κ2) is 3.73. The summed E-state index contributed by atoms with van der Waals surface area (Å²) in [4.78, 5) is 38.5. The lowest BCUT2D eigenvalue weighted by molar-refractivity contribution is -0.141. The highest BCUT2D eigenvalue weighted by atomic mass is 16.2. The monoisotopic (exact) mass is 219 g/mol. The summed E-state index contributed by atoms with van der Waals surface area (Å²) in [5, 5.41) is 1.95. The van der Waals surface area contributed by atoms with Gasteiger partial charge in [0.15, 0.2) is 0 Å². The molecule has 0 bridgehead atoms. The fourth-order valence-corrected chi connectivity index (χ4v) is 1.54. The molecule has 2 heterocycles. The molecule has 1 saturated heterocycles. The van der Waals surface area contributed by atoms with E-state index in [1.165, 1.54) is 0 Å². The minimum absolute atomic E-state index is 0.507. The average molecular weight is 219 g/mol. The van der Waals surface area contributed by atoms with Gasteiger partial charge in [0, 0.05) is 12.4 Å². The molecule has 6 nitrogen and oxygen atoms in total. The van der Waals surface area contributed by atoms with Crippen molar-refractivity contribution in [3.8, 4) is 0 Å². The molecule has 6 heteroatoms. The average Bonchev–Trinajstić information content (AvgIpc) is 2.54. The molecule has 1 N–H and O–H groups in total. The van der Waals surface area contributed by atoms with E-state index in [0.29, 0.717) is 5.56 Å². The number of pyridine rings is 1. The molecule has 1 unspecified atom stereocenters. The van der Waals surface area contributed by atoms with E-state index < -0.39 is 23.9 Å². The van der Waals surface area contributed by atoms with Gasteiger partial charge < -0.3 is 0 Å². The maximum Gasteiger partial charge on any atom is 0.332 e. The van der Waals surface area contributed by atoms with E-state index in [9.17, 15) is 14.4 Å². The molecule has 0 radical (unpaired) electrons. The van der Waals surface area contributed by atoms with Gasteiger partial charge in [-0.25, -0.2) is 9.69 Å². The molecule has 1 atom stereocenters. The maximum atomic E-state index is 11.4. The Bertz CT molecular complexity index is 458. The van der Waals surface area contributed by atoms with Gasteiger partial charge >= 0.3 is 17.8 Å². The van der Waals surface area contributed by atoms with Crippen molar-refractivity contribution in [2.45, 2.75) is 13.0 Å². The van der Waals surface area contributed by atoms with Crippen molar-refractivity contribution in [2.75, 3.05) is 0 Å². The SMILES string of the molecule is CC(c1cccnc1)N1C(=O)NC(=O)C1=O. The highest BCUT2D eigenvalue weighted by molar-refractivity contribution is 6.44. The molecule has 1 aliphatic heterocycles. The zero-order valence-electron chi connectivity index (χ0n) is 8.51. The van der Waals surface area contributed by atoms with Gasteiger partial charge in [0.05, 0.1) is 6.04 Å². The zero-order valence-corrected chi connectivity index (χ0v) is 8.51. The quantitative estimate of drug-likeness (QED) is 0.570. The Morgan fingerprint density at radius 1 is 1.38 bits per heavy atom. The molecule has 16 heavy (non-hydrogen) atoms. The van der Waals surface area contributed by atoms with Gasteiger partial charge in [0.25, 0.3) is 0 Å². The summed E-state index contributed by atoms with van der Waals surface area (Å²) in [5.74, 6) is -1.72. The second-order valence-corrected chi connectivity index (χ2v) is 3.40. The normalized spacial score (nSPS) is 17.6. The van der Waals surface area contributed by atoms with Crippen LogP contribution in [0.5, 0.6) is 0 Å². The highest BCUT2D eigenvalue weighted by Crippen LogP contribution is 2.21. The first-order valence-electron chi connectivity index (χ1n) is 4.69. The minimum atomic E-state index is -0.888. The lowest BCUT2D eigenvalue weighted by Crippen LogP contribution is -2.33. The molecule has 4 amide bonds. The maximum absolute atomic E-state index is 11.4. The molecule has 0 spiro atoms. The molecule has 1 fully saturated rings. The Balaban J connectivity index is 2.29. The molecular weight excluding hydrogens is 210 g/mol. The largest absolute Gasteiger partial charge is 0.332 e. The van der Waals surface area contributed by atoms with Gasteiger partial charge in [0.2, 0.25) is 0 Å². The third-order valence-electron chi connectivity index (χ3n) is 2.41. The number of carbonyl (C=O) groups excluding carboxylic acids is 3. The van der Waals surface area contributed by atoms with Gasteiger partial charge in [-0.3, -0.25) is 19.9 Å². The highest BCUT2D eigenvalue weighted by Gasteiger charge is 2.40. The molecule has 2 rings (SSSR count). The van der Waals surface area contributed by atoms with Crippen molar-refractivity contribution in [2.24, 2.45) is 0 Å². The first-order chi connectivity index (χ1) is 7.61. The van der Waals surface area contributed by atoms with Crippen LogP contribution < -0.4 is 5.32 Å². The van der Waals surface area contributed by atoms with Crippen molar-refractivity contribution >= 4 is 17.8 Å². The van der Waals surface area contributed by atoms with Crippen molar-refractivity contribution in [3.05, 3.63) is 30.1 Å². The van der Waals surface area contributed by atoms with Crippen LogP contribution in [0.15, 0.2) is 24.5 Å². The first kappa shape index (κ1) is 10.3. The molecule has 1 aromatic rings. The van der Waals surface area contributed by atoms with Gasteiger partial charge in [0.1, 0.15) is 0 Å². The van der Waals surface area contributed by atoms with Crippen LogP contribution in [0.2, 0.25) is 0 Å². The number of nitrogens with zero attached hydrogens (tertiary/aromatic N) is 2. The van der Waals surface area contributed by atoms with Crippen LogP contribution in [0.3, 0.4) is 0 Å². The van der Waals surface area contributed by atoms with E-state index in [-0.39, 0.29) is 0 Å². The van der Waals surface area contributed by atoms with Crippen molar-refractivity contribution in [1.82, 2.24) is 15.2 Å². The first-order valence-corrected chi connectivity index (χ1v) is 4.69. The lowest BCUT2D eigenvalue weighted by atomic mass is 10.1. The summed E-state index contributed by atoms with van der Waals surface area (Å²) in [6, 6.07) is 2.24. The number of hydrogen-bond acceptors (Lipinski definition) is 4. The van der Waals surface area contributed by atoms with E-state index in [4.69, 9.17) is 0 Å². The van der Waals surface area contributed by atoms with Crippen molar-refractivity contribution in [3.63, 3.8) is 0 Å². The Morgan fingerprint density at radius 2 is 2.12 bits per heavy atom. The summed E-state index contributed by atoms with van der Waals surface area (Å²) in [6.45, 7) is 1.66. The smallest absolute Gasteiger partial charge is 0.269 e. The number of nitrogens with one attached hydrogen (secondary N) is 1. The molecule has 0 aromatic carbocycles. The fourth-order valence-electron chi connectivity index (χ4n) is 1.54. The summed E-state index contributed by atoms with van der Waals surface area (Å²) >= 11 is 0. The molecule has 1 aromatic heterocycles. The number of rotatable bonds is 2. The number of imide groups is 2. The molecule has 0 aliphatic carbocycles. The Morgan fingerprint density at radius 3 is 2.62 bits per heavy atom. The lowest BCUT2D eigenvalue weighted by Gasteiger charge is -2.20. The predicted molar refractivity (Wildman–Crippen MR) is 53.0 cm³/mol. The summed E-state index contributed by atoms with van der Waals surface area (Å²) in [6.07, 6.45) is 3.14. The van der Waals surface area contributed by atoms with Gasteiger partial charge in [-0.1, -0.05) is 6.07 Å². The Hall–Kier alpha value is -2.24. The van der Waals surface area contributed by atoms with Gasteiger partial charge in [-0.05, 0) is 18.6 Å².